The quantitative estimate of drug-likeness (QED) is 0.835. The summed E-state index contributed by atoms with van der Waals surface area (Å²) in [5, 5.41) is 6.23. The zero-order chi connectivity index (χ0) is 13.3. The number of hydrogen-bond acceptors (Lipinski definition) is 4. The maximum absolute atomic E-state index is 11.7. The fourth-order valence-corrected chi connectivity index (χ4v) is 1.73. The Balaban J connectivity index is 2.10. The van der Waals surface area contributed by atoms with Gasteiger partial charge in [-0.2, -0.15) is 4.98 Å². The van der Waals surface area contributed by atoms with Gasteiger partial charge in [-0.1, -0.05) is 19.0 Å². The zero-order valence-corrected chi connectivity index (χ0v) is 11.6. The highest BCUT2D eigenvalue weighted by Gasteiger charge is 2.31. The molecule has 100 valence electrons. The first-order chi connectivity index (χ1) is 8.49. The molecule has 1 aromatic rings. The third-order valence-electron chi connectivity index (χ3n) is 2.99. The molecule has 1 aliphatic rings. The van der Waals surface area contributed by atoms with Gasteiger partial charge in [0.1, 0.15) is 11.4 Å². The van der Waals surface area contributed by atoms with E-state index in [1.807, 2.05) is 13.8 Å². The zero-order valence-electron chi connectivity index (χ0n) is 10.8. The minimum absolute atomic E-state index is 0.164. The van der Waals surface area contributed by atoms with E-state index in [-0.39, 0.29) is 17.9 Å². The number of nitrogens with zero attached hydrogens (tertiary/aromatic N) is 2. The van der Waals surface area contributed by atoms with Crippen LogP contribution in [-0.4, -0.2) is 21.4 Å². The van der Waals surface area contributed by atoms with Crippen LogP contribution in [-0.2, 0) is 4.79 Å². The van der Waals surface area contributed by atoms with Crippen molar-refractivity contribution in [3.63, 3.8) is 0 Å². The van der Waals surface area contributed by atoms with Crippen LogP contribution in [0, 0.1) is 5.92 Å². The molecule has 1 heterocycles. The van der Waals surface area contributed by atoms with Crippen molar-refractivity contribution in [1.82, 2.24) is 15.5 Å². The van der Waals surface area contributed by atoms with Crippen LogP contribution >= 0.6 is 11.6 Å². The summed E-state index contributed by atoms with van der Waals surface area (Å²) in [5.74, 6) is 1.61. The fraction of sp³-hybridized carbons (Fsp3) is 0.750. The van der Waals surface area contributed by atoms with E-state index < -0.39 is 5.38 Å². The minimum Gasteiger partial charge on any atom is -0.343 e. The summed E-state index contributed by atoms with van der Waals surface area (Å²) in [4.78, 5) is 16.0. The topological polar surface area (TPSA) is 68.0 Å². The van der Waals surface area contributed by atoms with Crippen molar-refractivity contribution >= 4 is 17.5 Å². The molecule has 6 heteroatoms. The van der Waals surface area contributed by atoms with E-state index in [0.717, 1.165) is 18.7 Å². The molecular weight excluding hydrogens is 254 g/mol. The molecule has 1 N–H and O–H groups in total. The van der Waals surface area contributed by atoms with E-state index in [1.54, 1.807) is 6.92 Å². The van der Waals surface area contributed by atoms with Crippen LogP contribution in [0.4, 0.5) is 0 Å². The van der Waals surface area contributed by atoms with Gasteiger partial charge >= 0.3 is 0 Å². The van der Waals surface area contributed by atoms with Gasteiger partial charge in [0.25, 0.3) is 0 Å². The van der Waals surface area contributed by atoms with Crippen molar-refractivity contribution in [3.05, 3.63) is 11.7 Å². The van der Waals surface area contributed by atoms with Crippen molar-refractivity contribution in [2.45, 2.75) is 50.9 Å². The summed E-state index contributed by atoms with van der Waals surface area (Å²) < 4.78 is 5.25. The van der Waals surface area contributed by atoms with Gasteiger partial charge in [-0.3, -0.25) is 4.79 Å². The molecule has 1 fully saturated rings. The maximum atomic E-state index is 11.7. The molecule has 0 aromatic carbocycles. The number of amides is 1. The predicted molar refractivity (Wildman–Crippen MR) is 67.3 cm³/mol. The molecular formula is C12H18ClN3O2. The molecule has 5 nitrogen and oxygen atoms in total. The Labute approximate surface area is 111 Å². The first-order valence-corrected chi connectivity index (χ1v) is 6.70. The molecule has 2 rings (SSSR count). The van der Waals surface area contributed by atoms with Crippen molar-refractivity contribution < 1.29 is 9.32 Å². The highest BCUT2D eigenvalue weighted by molar-refractivity contribution is 6.30. The lowest BCUT2D eigenvalue weighted by molar-refractivity contribution is -0.121. The smallest absolute Gasteiger partial charge is 0.249 e. The van der Waals surface area contributed by atoms with E-state index in [9.17, 15) is 4.79 Å². The number of carbonyl (C=O) groups is 1. The number of halogens is 1. The van der Waals surface area contributed by atoms with Gasteiger partial charge in [-0.15, -0.1) is 11.6 Å². The van der Waals surface area contributed by atoms with E-state index in [2.05, 4.69) is 15.5 Å². The molecule has 0 spiro atoms. The van der Waals surface area contributed by atoms with E-state index in [0.29, 0.717) is 11.8 Å². The number of rotatable bonds is 5. The molecule has 1 aliphatic carbocycles. The van der Waals surface area contributed by atoms with Crippen molar-refractivity contribution in [2.24, 2.45) is 5.92 Å². The predicted octanol–water partition coefficient (Wildman–Crippen LogP) is 2.39. The number of hydrogen-bond donors (Lipinski definition) is 1. The van der Waals surface area contributed by atoms with Crippen molar-refractivity contribution in [1.29, 1.82) is 0 Å². The summed E-state index contributed by atoms with van der Waals surface area (Å²) in [7, 11) is 0. The van der Waals surface area contributed by atoms with E-state index >= 15 is 0 Å². The number of carbonyl (C=O) groups excluding carboxylic acids is 1. The Morgan fingerprint density at radius 3 is 2.61 bits per heavy atom. The molecule has 1 aromatic heterocycles. The third kappa shape index (κ3) is 3.02. The first kappa shape index (κ1) is 13.3. The first-order valence-electron chi connectivity index (χ1n) is 6.27. The number of nitrogens with one attached hydrogen (secondary N) is 1. The minimum atomic E-state index is -0.572. The Kier molecular flexibility index (Phi) is 3.90. The molecule has 18 heavy (non-hydrogen) atoms. The average Bonchev–Trinajstić information content (AvgIpc) is 3.04. The Morgan fingerprint density at radius 2 is 2.11 bits per heavy atom. The van der Waals surface area contributed by atoms with Crippen LogP contribution in [0.2, 0.25) is 0 Å². The van der Waals surface area contributed by atoms with E-state index in [4.69, 9.17) is 16.1 Å². The third-order valence-corrected chi connectivity index (χ3v) is 3.19. The van der Waals surface area contributed by atoms with Gasteiger partial charge < -0.3 is 9.84 Å². The summed E-state index contributed by atoms with van der Waals surface area (Å²) in [5.41, 5.74) is 0. The Bertz CT molecular complexity index is 427. The van der Waals surface area contributed by atoms with Crippen molar-refractivity contribution in [3.8, 4) is 0 Å². The molecule has 1 amide bonds. The molecule has 1 saturated carbocycles. The van der Waals surface area contributed by atoms with Gasteiger partial charge in [0, 0.05) is 5.92 Å². The number of alkyl halides is 1. The Hall–Kier alpha value is -1.10. The lowest BCUT2D eigenvalue weighted by Crippen LogP contribution is -2.36. The van der Waals surface area contributed by atoms with Crippen LogP contribution in [0.15, 0.2) is 4.52 Å². The SMILES string of the molecule is CC(Cl)C(=O)NC(c1nc(C2CC2)no1)C(C)C. The normalized spacial score (nSPS) is 18.7. The molecule has 0 bridgehead atoms. The Morgan fingerprint density at radius 1 is 1.44 bits per heavy atom. The molecule has 0 aliphatic heterocycles. The maximum Gasteiger partial charge on any atom is 0.249 e. The number of aromatic nitrogens is 2. The van der Waals surface area contributed by atoms with Gasteiger partial charge in [0.15, 0.2) is 5.82 Å². The van der Waals surface area contributed by atoms with Crippen LogP contribution in [0.3, 0.4) is 0 Å². The fourth-order valence-electron chi connectivity index (χ4n) is 1.66. The van der Waals surface area contributed by atoms with Crippen molar-refractivity contribution in [2.75, 3.05) is 0 Å². The summed E-state index contributed by atoms with van der Waals surface area (Å²) >= 11 is 5.75. The lowest BCUT2D eigenvalue weighted by Gasteiger charge is -2.19. The second kappa shape index (κ2) is 5.26. The van der Waals surface area contributed by atoms with Crippen LogP contribution in [0.5, 0.6) is 0 Å². The summed E-state index contributed by atoms with van der Waals surface area (Å²) in [6.07, 6.45) is 2.24. The molecule has 2 atom stereocenters. The monoisotopic (exact) mass is 271 g/mol. The highest BCUT2D eigenvalue weighted by atomic mass is 35.5. The van der Waals surface area contributed by atoms with Gasteiger partial charge in [0.2, 0.25) is 11.8 Å². The highest BCUT2D eigenvalue weighted by Crippen LogP contribution is 2.38. The van der Waals surface area contributed by atoms with Crippen LogP contribution < -0.4 is 5.32 Å². The van der Waals surface area contributed by atoms with E-state index in [1.165, 1.54) is 0 Å². The lowest BCUT2D eigenvalue weighted by atomic mass is 10.0. The van der Waals surface area contributed by atoms with Gasteiger partial charge in [0.05, 0.1) is 0 Å². The average molecular weight is 272 g/mol. The second-order valence-corrected chi connectivity index (χ2v) is 5.77. The van der Waals surface area contributed by atoms with Gasteiger partial charge in [-0.05, 0) is 25.7 Å². The summed E-state index contributed by atoms with van der Waals surface area (Å²) in [6, 6.07) is -0.279. The molecule has 0 radical (unpaired) electrons. The van der Waals surface area contributed by atoms with Crippen LogP contribution in [0.25, 0.3) is 0 Å². The summed E-state index contributed by atoms with van der Waals surface area (Å²) in [6.45, 7) is 5.62. The molecule has 2 unspecified atom stereocenters. The standard InChI is InChI=1S/C12H18ClN3O2/c1-6(2)9(14-11(17)7(3)13)12-15-10(16-18-12)8-4-5-8/h6-9H,4-5H2,1-3H3,(H,14,17). The van der Waals surface area contributed by atoms with Crippen LogP contribution in [0.1, 0.15) is 57.3 Å². The second-order valence-electron chi connectivity index (χ2n) is 5.11. The largest absolute Gasteiger partial charge is 0.343 e. The molecule has 0 saturated heterocycles. The van der Waals surface area contributed by atoms with Gasteiger partial charge in [-0.25, -0.2) is 0 Å².